The van der Waals surface area contributed by atoms with Crippen LogP contribution in [0.15, 0.2) is 78.9 Å². The Labute approximate surface area is 157 Å². The van der Waals surface area contributed by atoms with Crippen LogP contribution in [0.4, 0.5) is 0 Å². The number of hydrogen-bond acceptors (Lipinski definition) is 2. The van der Waals surface area contributed by atoms with Gasteiger partial charge in [-0.3, -0.25) is 4.79 Å². The van der Waals surface area contributed by atoms with Crippen LogP contribution in [0.5, 0.6) is 0 Å². The number of halogens is 1. The van der Waals surface area contributed by atoms with Gasteiger partial charge in [0.2, 0.25) is 5.78 Å². The van der Waals surface area contributed by atoms with Crippen molar-refractivity contribution in [3.05, 3.63) is 101 Å². The fraction of sp³-hybridized carbons (Fsp3) is 0.0435. The third kappa shape index (κ3) is 3.12. The van der Waals surface area contributed by atoms with Gasteiger partial charge in [-0.25, -0.2) is 4.98 Å². The van der Waals surface area contributed by atoms with Crippen LogP contribution >= 0.6 is 11.6 Å². The summed E-state index contributed by atoms with van der Waals surface area (Å²) in [6, 6.07) is 24.9. The summed E-state index contributed by atoms with van der Waals surface area (Å²) in [6.45, 7) is 2.05. The fourth-order valence-electron chi connectivity index (χ4n) is 3.04. The van der Waals surface area contributed by atoms with Gasteiger partial charge in [-0.15, -0.1) is 0 Å². The second kappa shape index (κ2) is 6.74. The fourth-order valence-corrected chi connectivity index (χ4v) is 3.17. The highest BCUT2D eigenvalue weighted by Crippen LogP contribution is 2.29. The Kier molecular flexibility index (Phi) is 4.27. The Hall–Kier alpha value is -2.97. The van der Waals surface area contributed by atoms with E-state index in [1.807, 2.05) is 48.5 Å². The molecule has 0 aliphatic heterocycles. The minimum atomic E-state index is -0.108. The van der Waals surface area contributed by atoms with E-state index in [1.165, 1.54) is 0 Å². The average Bonchev–Trinajstić information content (AvgIpc) is 2.67. The summed E-state index contributed by atoms with van der Waals surface area (Å²) in [5.41, 5.74) is 4.81. The molecule has 26 heavy (non-hydrogen) atoms. The molecule has 0 aliphatic rings. The topological polar surface area (TPSA) is 30.0 Å². The van der Waals surface area contributed by atoms with Crippen LogP contribution in [0.25, 0.3) is 22.0 Å². The predicted molar refractivity (Wildman–Crippen MR) is 107 cm³/mol. The van der Waals surface area contributed by atoms with E-state index in [2.05, 4.69) is 13.0 Å². The van der Waals surface area contributed by atoms with Crippen LogP contribution in [-0.2, 0) is 0 Å². The van der Waals surface area contributed by atoms with Crippen molar-refractivity contribution in [1.82, 2.24) is 4.98 Å². The Morgan fingerprint density at radius 3 is 2.35 bits per heavy atom. The van der Waals surface area contributed by atoms with Gasteiger partial charge in [-0.1, -0.05) is 53.6 Å². The van der Waals surface area contributed by atoms with E-state index in [9.17, 15) is 4.79 Å². The molecule has 0 radical (unpaired) electrons. The Morgan fingerprint density at radius 2 is 1.62 bits per heavy atom. The zero-order valence-corrected chi connectivity index (χ0v) is 15.0. The smallest absolute Gasteiger partial charge is 0.212 e. The first-order chi connectivity index (χ1) is 12.6. The Balaban J connectivity index is 1.95. The van der Waals surface area contributed by atoms with E-state index in [0.717, 1.165) is 27.6 Å². The largest absolute Gasteiger partial charge is 0.287 e. The van der Waals surface area contributed by atoms with Crippen molar-refractivity contribution < 1.29 is 4.79 Å². The quantitative estimate of drug-likeness (QED) is 0.415. The van der Waals surface area contributed by atoms with Gasteiger partial charge < -0.3 is 0 Å². The molecule has 0 N–H and O–H groups in total. The normalized spacial score (nSPS) is 10.8. The van der Waals surface area contributed by atoms with Gasteiger partial charge in [0.05, 0.1) is 5.52 Å². The number of hydrogen-bond donors (Lipinski definition) is 0. The number of pyridine rings is 1. The number of rotatable bonds is 3. The molecule has 3 aromatic carbocycles. The summed E-state index contributed by atoms with van der Waals surface area (Å²) in [7, 11) is 0. The van der Waals surface area contributed by atoms with Crippen molar-refractivity contribution in [3.63, 3.8) is 0 Å². The Bertz CT molecular complexity index is 1100. The molecule has 0 fully saturated rings. The van der Waals surface area contributed by atoms with Crippen molar-refractivity contribution >= 4 is 28.3 Å². The number of aromatic nitrogens is 1. The molecule has 126 valence electrons. The zero-order valence-electron chi connectivity index (χ0n) is 14.2. The van der Waals surface area contributed by atoms with Crippen LogP contribution in [0.2, 0.25) is 5.02 Å². The first-order valence-electron chi connectivity index (χ1n) is 8.39. The number of nitrogens with zero attached hydrogens (tertiary/aromatic N) is 1. The number of ketones is 1. The molecule has 0 saturated carbocycles. The van der Waals surface area contributed by atoms with Gasteiger partial charge in [0, 0.05) is 21.5 Å². The highest BCUT2D eigenvalue weighted by molar-refractivity contribution is 6.30. The molecular weight excluding hydrogens is 342 g/mol. The molecule has 0 saturated heterocycles. The van der Waals surface area contributed by atoms with Crippen LogP contribution in [-0.4, -0.2) is 10.8 Å². The van der Waals surface area contributed by atoms with Gasteiger partial charge in [0.25, 0.3) is 0 Å². The van der Waals surface area contributed by atoms with Gasteiger partial charge >= 0.3 is 0 Å². The minimum absolute atomic E-state index is 0.108. The summed E-state index contributed by atoms with van der Waals surface area (Å²) in [5.74, 6) is -0.108. The maximum Gasteiger partial charge on any atom is 0.212 e. The third-order valence-corrected chi connectivity index (χ3v) is 4.63. The standard InChI is InChI=1S/C23H16ClNO/c1-15-7-12-21-18(13-15)14-20(16-5-3-2-4-6-16)22(25-21)23(26)17-8-10-19(24)11-9-17/h2-14H,1H3. The minimum Gasteiger partial charge on any atom is -0.287 e. The molecule has 0 spiro atoms. The molecule has 0 unspecified atom stereocenters. The lowest BCUT2D eigenvalue weighted by Crippen LogP contribution is -2.07. The average molecular weight is 358 g/mol. The molecule has 1 heterocycles. The summed E-state index contributed by atoms with van der Waals surface area (Å²) >= 11 is 5.96. The van der Waals surface area contributed by atoms with E-state index in [4.69, 9.17) is 16.6 Å². The van der Waals surface area contributed by atoms with Crippen LogP contribution in [0.3, 0.4) is 0 Å². The lowest BCUT2D eigenvalue weighted by Gasteiger charge is -2.11. The second-order valence-electron chi connectivity index (χ2n) is 6.28. The summed E-state index contributed by atoms with van der Waals surface area (Å²) in [4.78, 5) is 17.9. The van der Waals surface area contributed by atoms with Crippen molar-refractivity contribution in [2.45, 2.75) is 6.92 Å². The molecule has 4 aromatic rings. The molecule has 1 aromatic heterocycles. The molecule has 4 rings (SSSR count). The molecule has 2 nitrogen and oxygen atoms in total. The Morgan fingerprint density at radius 1 is 0.885 bits per heavy atom. The van der Waals surface area contributed by atoms with Crippen LogP contribution in [0, 0.1) is 6.92 Å². The van der Waals surface area contributed by atoms with Crippen molar-refractivity contribution in [2.24, 2.45) is 0 Å². The second-order valence-corrected chi connectivity index (χ2v) is 6.72. The summed E-state index contributed by atoms with van der Waals surface area (Å²) in [5, 5.41) is 1.63. The van der Waals surface area contributed by atoms with Crippen LogP contribution in [0.1, 0.15) is 21.6 Å². The third-order valence-electron chi connectivity index (χ3n) is 4.38. The van der Waals surface area contributed by atoms with E-state index in [0.29, 0.717) is 16.3 Å². The monoisotopic (exact) mass is 357 g/mol. The molecule has 3 heteroatoms. The van der Waals surface area contributed by atoms with Gasteiger partial charge in [-0.05, 0) is 55.0 Å². The number of benzene rings is 3. The van der Waals surface area contributed by atoms with E-state index < -0.39 is 0 Å². The molecule has 0 bridgehead atoms. The SMILES string of the molecule is Cc1ccc2nc(C(=O)c3ccc(Cl)cc3)c(-c3ccccc3)cc2c1. The lowest BCUT2D eigenvalue weighted by molar-refractivity contribution is 0.103. The maximum atomic E-state index is 13.2. The highest BCUT2D eigenvalue weighted by Gasteiger charge is 2.18. The predicted octanol–water partition coefficient (Wildman–Crippen LogP) is 6.09. The maximum absolute atomic E-state index is 13.2. The molecular formula is C23H16ClNO. The van der Waals surface area contributed by atoms with E-state index in [1.54, 1.807) is 24.3 Å². The van der Waals surface area contributed by atoms with Crippen molar-refractivity contribution in [1.29, 1.82) is 0 Å². The number of carbonyl (C=O) groups excluding carboxylic acids is 1. The highest BCUT2D eigenvalue weighted by atomic mass is 35.5. The van der Waals surface area contributed by atoms with Crippen molar-refractivity contribution in [2.75, 3.05) is 0 Å². The first-order valence-corrected chi connectivity index (χ1v) is 8.77. The number of aryl methyl sites for hydroxylation is 1. The molecule has 0 atom stereocenters. The zero-order chi connectivity index (χ0) is 18.1. The lowest BCUT2D eigenvalue weighted by atomic mass is 9.96. The molecule has 0 aliphatic carbocycles. The number of fused-ring (bicyclic) bond motifs is 1. The van der Waals surface area contributed by atoms with Crippen molar-refractivity contribution in [3.8, 4) is 11.1 Å². The van der Waals surface area contributed by atoms with E-state index >= 15 is 0 Å². The first kappa shape index (κ1) is 16.5. The summed E-state index contributed by atoms with van der Waals surface area (Å²) in [6.07, 6.45) is 0. The van der Waals surface area contributed by atoms with Gasteiger partial charge in [0.15, 0.2) is 0 Å². The van der Waals surface area contributed by atoms with Gasteiger partial charge in [0.1, 0.15) is 5.69 Å². The van der Waals surface area contributed by atoms with E-state index in [-0.39, 0.29) is 5.78 Å². The molecule has 0 amide bonds. The number of carbonyl (C=O) groups is 1. The van der Waals surface area contributed by atoms with Gasteiger partial charge in [-0.2, -0.15) is 0 Å². The van der Waals surface area contributed by atoms with Crippen LogP contribution < -0.4 is 0 Å². The summed E-state index contributed by atoms with van der Waals surface area (Å²) < 4.78 is 0.